The molecule has 1 heterocycles. The summed E-state index contributed by atoms with van der Waals surface area (Å²) in [5.74, 6) is -1.19. The molecule has 1 aliphatic rings. The molecule has 0 saturated carbocycles. The maximum Gasteiger partial charge on any atom is 0.344 e. The summed E-state index contributed by atoms with van der Waals surface area (Å²) < 4.78 is 15.4. The first-order chi connectivity index (χ1) is 14.5. The zero-order valence-corrected chi connectivity index (χ0v) is 18.1. The molecule has 3 rings (SSSR count). The van der Waals surface area contributed by atoms with Crippen molar-refractivity contribution in [2.24, 2.45) is 0 Å². The van der Waals surface area contributed by atoms with Crippen molar-refractivity contribution in [2.75, 3.05) is 25.1 Å². The standard InChI is InChI=1S/C21H22ClNO6S/c1-2-27-21(26)19-15-5-3-4-6-16(15)30-20(19)23-17(24)11-29-18(25)12-28-14-9-7-13(22)8-10-14/h7-10H,2-6,11-12H2,1H3,(H,23,24). The predicted molar refractivity (Wildman–Crippen MR) is 113 cm³/mol. The second-order valence-electron chi connectivity index (χ2n) is 6.59. The molecule has 1 aliphatic carbocycles. The van der Waals surface area contributed by atoms with Gasteiger partial charge in [0.2, 0.25) is 0 Å². The highest BCUT2D eigenvalue weighted by Gasteiger charge is 2.27. The zero-order valence-electron chi connectivity index (χ0n) is 16.5. The Morgan fingerprint density at radius 3 is 2.53 bits per heavy atom. The van der Waals surface area contributed by atoms with Crippen molar-refractivity contribution in [3.05, 3.63) is 45.3 Å². The lowest BCUT2D eigenvalue weighted by Gasteiger charge is -2.12. The van der Waals surface area contributed by atoms with Crippen LogP contribution in [0.4, 0.5) is 5.00 Å². The van der Waals surface area contributed by atoms with Gasteiger partial charge in [-0.1, -0.05) is 11.6 Å². The molecule has 0 bridgehead atoms. The van der Waals surface area contributed by atoms with Crippen molar-refractivity contribution in [1.29, 1.82) is 0 Å². The molecule has 0 aliphatic heterocycles. The highest BCUT2D eigenvalue weighted by atomic mass is 35.5. The summed E-state index contributed by atoms with van der Waals surface area (Å²) >= 11 is 7.17. The van der Waals surface area contributed by atoms with E-state index < -0.39 is 24.5 Å². The van der Waals surface area contributed by atoms with Crippen LogP contribution < -0.4 is 10.1 Å². The molecule has 1 aromatic carbocycles. The maximum atomic E-state index is 12.4. The summed E-state index contributed by atoms with van der Waals surface area (Å²) in [5, 5.41) is 3.69. The first-order valence-electron chi connectivity index (χ1n) is 9.63. The Hall–Kier alpha value is -2.58. The van der Waals surface area contributed by atoms with Gasteiger partial charge in [-0.2, -0.15) is 0 Å². The molecule has 9 heteroatoms. The average molecular weight is 452 g/mol. The summed E-state index contributed by atoms with van der Waals surface area (Å²) in [4.78, 5) is 37.6. The van der Waals surface area contributed by atoms with Crippen LogP contribution in [0.5, 0.6) is 5.75 Å². The van der Waals surface area contributed by atoms with Crippen molar-refractivity contribution in [1.82, 2.24) is 0 Å². The third kappa shape index (κ3) is 5.73. The van der Waals surface area contributed by atoms with Gasteiger partial charge in [-0.05, 0) is 62.4 Å². The quantitative estimate of drug-likeness (QED) is 0.609. The van der Waals surface area contributed by atoms with E-state index in [-0.39, 0.29) is 13.2 Å². The van der Waals surface area contributed by atoms with Crippen LogP contribution in [0.2, 0.25) is 5.02 Å². The van der Waals surface area contributed by atoms with Crippen molar-refractivity contribution in [3.63, 3.8) is 0 Å². The molecular formula is C21H22ClNO6S. The van der Waals surface area contributed by atoms with E-state index in [0.717, 1.165) is 36.1 Å². The van der Waals surface area contributed by atoms with Gasteiger partial charge in [0.25, 0.3) is 5.91 Å². The molecule has 30 heavy (non-hydrogen) atoms. The lowest BCUT2D eigenvalue weighted by Crippen LogP contribution is -2.24. The average Bonchev–Trinajstić information content (AvgIpc) is 3.09. The van der Waals surface area contributed by atoms with Crippen LogP contribution >= 0.6 is 22.9 Å². The van der Waals surface area contributed by atoms with Crippen molar-refractivity contribution in [2.45, 2.75) is 32.6 Å². The van der Waals surface area contributed by atoms with Crippen molar-refractivity contribution >= 4 is 45.8 Å². The molecule has 1 amide bonds. The Kier molecular flexibility index (Phi) is 7.70. The number of thiophene rings is 1. The van der Waals surface area contributed by atoms with Crippen LogP contribution in [0.3, 0.4) is 0 Å². The fraction of sp³-hybridized carbons (Fsp3) is 0.381. The number of rotatable bonds is 8. The van der Waals surface area contributed by atoms with E-state index in [0.29, 0.717) is 21.3 Å². The molecule has 0 unspecified atom stereocenters. The summed E-state index contributed by atoms with van der Waals surface area (Å²) in [6.07, 6.45) is 3.70. The van der Waals surface area contributed by atoms with Gasteiger partial charge in [-0.25, -0.2) is 9.59 Å². The number of carbonyl (C=O) groups is 3. The van der Waals surface area contributed by atoms with Gasteiger partial charge in [0.15, 0.2) is 13.2 Å². The molecular weight excluding hydrogens is 430 g/mol. The minimum absolute atomic E-state index is 0.252. The number of fused-ring (bicyclic) bond motifs is 1. The Morgan fingerprint density at radius 1 is 1.07 bits per heavy atom. The number of carbonyl (C=O) groups excluding carboxylic acids is 3. The lowest BCUT2D eigenvalue weighted by atomic mass is 9.95. The Morgan fingerprint density at radius 2 is 1.80 bits per heavy atom. The second kappa shape index (κ2) is 10.4. The van der Waals surface area contributed by atoms with E-state index in [1.54, 1.807) is 31.2 Å². The van der Waals surface area contributed by atoms with Crippen LogP contribution in [0.25, 0.3) is 0 Å². The normalized spacial score (nSPS) is 12.6. The summed E-state index contributed by atoms with van der Waals surface area (Å²) in [6.45, 7) is 1.17. The van der Waals surface area contributed by atoms with Gasteiger partial charge in [0, 0.05) is 9.90 Å². The lowest BCUT2D eigenvalue weighted by molar-refractivity contribution is -0.149. The minimum atomic E-state index is -0.684. The number of hydrogen-bond acceptors (Lipinski definition) is 7. The summed E-state index contributed by atoms with van der Waals surface area (Å²) in [5.41, 5.74) is 1.37. The van der Waals surface area contributed by atoms with E-state index in [1.165, 1.54) is 11.3 Å². The number of aryl methyl sites for hydroxylation is 1. The number of ether oxygens (including phenoxy) is 3. The first-order valence-corrected chi connectivity index (χ1v) is 10.8. The van der Waals surface area contributed by atoms with Gasteiger partial charge in [-0.15, -0.1) is 11.3 Å². The van der Waals surface area contributed by atoms with E-state index in [1.807, 2.05) is 0 Å². The third-order valence-corrected chi connectivity index (χ3v) is 5.90. The summed E-state index contributed by atoms with van der Waals surface area (Å²) in [7, 11) is 0. The predicted octanol–water partition coefficient (Wildman–Crippen LogP) is 4.02. The van der Waals surface area contributed by atoms with Crippen LogP contribution in [-0.4, -0.2) is 37.7 Å². The van der Waals surface area contributed by atoms with Gasteiger partial charge < -0.3 is 19.5 Å². The molecule has 0 saturated heterocycles. The molecule has 160 valence electrons. The van der Waals surface area contributed by atoms with E-state index >= 15 is 0 Å². The summed E-state index contributed by atoms with van der Waals surface area (Å²) in [6, 6.07) is 6.52. The third-order valence-electron chi connectivity index (χ3n) is 4.44. The Bertz CT molecular complexity index is 924. The fourth-order valence-corrected chi connectivity index (χ4v) is 4.52. The first kappa shape index (κ1) is 22.1. The van der Waals surface area contributed by atoms with Crippen LogP contribution in [0.1, 0.15) is 40.6 Å². The maximum absolute atomic E-state index is 12.4. The zero-order chi connectivity index (χ0) is 21.5. The number of esters is 2. The number of benzene rings is 1. The van der Waals surface area contributed by atoms with Gasteiger partial charge in [-0.3, -0.25) is 4.79 Å². The monoisotopic (exact) mass is 451 g/mol. The van der Waals surface area contributed by atoms with Crippen LogP contribution in [0.15, 0.2) is 24.3 Å². The molecule has 1 aromatic heterocycles. The van der Waals surface area contributed by atoms with Gasteiger partial charge in [0.1, 0.15) is 10.8 Å². The highest BCUT2D eigenvalue weighted by Crippen LogP contribution is 2.38. The Labute approximate surface area is 183 Å². The van der Waals surface area contributed by atoms with Crippen LogP contribution in [0, 0.1) is 0 Å². The molecule has 0 fully saturated rings. The number of amides is 1. The van der Waals surface area contributed by atoms with Crippen LogP contribution in [-0.2, 0) is 31.9 Å². The Balaban J connectivity index is 1.55. The number of hydrogen-bond donors (Lipinski definition) is 1. The van der Waals surface area contributed by atoms with E-state index in [4.69, 9.17) is 25.8 Å². The number of anilines is 1. The smallest absolute Gasteiger partial charge is 0.344 e. The highest BCUT2D eigenvalue weighted by molar-refractivity contribution is 7.17. The molecule has 0 atom stereocenters. The molecule has 0 spiro atoms. The minimum Gasteiger partial charge on any atom is -0.482 e. The topological polar surface area (TPSA) is 90.9 Å². The van der Waals surface area contributed by atoms with E-state index in [2.05, 4.69) is 5.32 Å². The number of halogens is 1. The van der Waals surface area contributed by atoms with Gasteiger partial charge in [0.05, 0.1) is 12.2 Å². The molecule has 7 nitrogen and oxygen atoms in total. The van der Waals surface area contributed by atoms with Gasteiger partial charge >= 0.3 is 11.9 Å². The molecule has 1 N–H and O–H groups in total. The molecule has 2 aromatic rings. The number of nitrogens with one attached hydrogen (secondary N) is 1. The largest absolute Gasteiger partial charge is 0.482 e. The van der Waals surface area contributed by atoms with Crippen molar-refractivity contribution in [3.8, 4) is 5.75 Å². The van der Waals surface area contributed by atoms with Crippen molar-refractivity contribution < 1.29 is 28.6 Å². The SMILES string of the molecule is CCOC(=O)c1c(NC(=O)COC(=O)COc2ccc(Cl)cc2)sc2c1CCCC2. The van der Waals surface area contributed by atoms with E-state index in [9.17, 15) is 14.4 Å². The fourth-order valence-electron chi connectivity index (χ4n) is 3.10. The second-order valence-corrected chi connectivity index (χ2v) is 8.13. The molecule has 0 radical (unpaired) electrons.